The zero-order chi connectivity index (χ0) is 20.7. The van der Waals surface area contributed by atoms with Gasteiger partial charge in [-0.2, -0.15) is 24.2 Å². The van der Waals surface area contributed by atoms with Crippen LogP contribution in [0.15, 0.2) is 40.2 Å². The quantitative estimate of drug-likeness (QED) is 0.419. The standard InChI is InChI=1S/C13H5Br2Cl2F2N3O.C3H4N2/c14-11(15)1-6-5-22(21-10(6)4-20)12-8(16)2-7(3-9(12)17)23-13(18)19;1-2-4-5-3-1/h1-3,5,13H;1-3H,(H,4,5). The molecule has 0 radical (unpaired) electrons. The molecule has 3 aromatic rings. The number of aromatic nitrogens is 4. The Bertz CT molecular complexity index is 959. The van der Waals surface area contributed by atoms with Crippen molar-refractivity contribution in [1.82, 2.24) is 20.0 Å². The number of halogens is 6. The molecule has 0 amide bonds. The second kappa shape index (κ2) is 10.6. The van der Waals surface area contributed by atoms with Gasteiger partial charge in [0.15, 0.2) is 5.69 Å². The lowest BCUT2D eigenvalue weighted by Gasteiger charge is -2.10. The van der Waals surface area contributed by atoms with E-state index >= 15 is 0 Å². The lowest BCUT2D eigenvalue weighted by molar-refractivity contribution is -0.0498. The van der Waals surface area contributed by atoms with Crippen molar-refractivity contribution < 1.29 is 13.5 Å². The Morgan fingerprint density at radius 3 is 2.43 bits per heavy atom. The van der Waals surface area contributed by atoms with Crippen LogP contribution in [0.25, 0.3) is 11.8 Å². The Hall–Kier alpha value is -1.93. The van der Waals surface area contributed by atoms with Crippen LogP contribution in [0.4, 0.5) is 8.78 Å². The van der Waals surface area contributed by atoms with Crippen LogP contribution >= 0.6 is 55.1 Å². The molecular formula is C16H9Br2Cl2F2N5O. The molecule has 146 valence electrons. The van der Waals surface area contributed by atoms with Crippen LogP contribution < -0.4 is 4.74 Å². The second-order valence-corrected chi connectivity index (χ2v) is 8.39. The highest BCUT2D eigenvalue weighted by Crippen LogP contribution is 2.34. The number of hydrogen-bond donors (Lipinski definition) is 1. The zero-order valence-electron chi connectivity index (χ0n) is 13.6. The Morgan fingerprint density at radius 1 is 1.32 bits per heavy atom. The molecule has 0 unspecified atom stereocenters. The molecule has 2 heterocycles. The molecule has 28 heavy (non-hydrogen) atoms. The van der Waals surface area contributed by atoms with Gasteiger partial charge in [-0.3, -0.25) is 5.10 Å². The third kappa shape index (κ3) is 6.31. The van der Waals surface area contributed by atoms with Gasteiger partial charge < -0.3 is 4.74 Å². The first kappa shape index (κ1) is 22.4. The van der Waals surface area contributed by atoms with Gasteiger partial charge in [0.25, 0.3) is 0 Å². The van der Waals surface area contributed by atoms with E-state index in [1.165, 1.54) is 23.0 Å². The summed E-state index contributed by atoms with van der Waals surface area (Å²) < 4.78 is 30.7. The molecule has 0 saturated carbocycles. The molecule has 3 rings (SSSR count). The summed E-state index contributed by atoms with van der Waals surface area (Å²) in [5, 5.41) is 19.5. The fourth-order valence-electron chi connectivity index (χ4n) is 1.96. The van der Waals surface area contributed by atoms with Crippen molar-refractivity contribution >= 4 is 61.1 Å². The topological polar surface area (TPSA) is 79.5 Å². The van der Waals surface area contributed by atoms with Gasteiger partial charge in [-0.25, -0.2) is 4.68 Å². The van der Waals surface area contributed by atoms with Crippen molar-refractivity contribution in [2.75, 3.05) is 0 Å². The fourth-order valence-corrected chi connectivity index (χ4v) is 3.09. The molecule has 0 spiro atoms. The molecule has 0 aliphatic rings. The van der Waals surface area contributed by atoms with E-state index in [1.54, 1.807) is 18.5 Å². The maximum Gasteiger partial charge on any atom is 0.387 e. The predicted molar refractivity (Wildman–Crippen MR) is 109 cm³/mol. The summed E-state index contributed by atoms with van der Waals surface area (Å²) in [5.41, 5.74) is 0.898. The van der Waals surface area contributed by atoms with E-state index in [1.807, 2.05) is 12.1 Å². The highest BCUT2D eigenvalue weighted by Gasteiger charge is 2.16. The largest absolute Gasteiger partial charge is 0.435 e. The van der Waals surface area contributed by atoms with Gasteiger partial charge >= 0.3 is 6.61 Å². The lowest BCUT2D eigenvalue weighted by atomic mass is 10.2. The first-order chi connectivity index (χ1) is 13.3. The smallest absolute Gasteiger partial charge is 0.387 e. The monoisotopic (exact) mass is 553 g/mol. The summed E-state index contributed by atoms with van der Waals surface area (Å²) >= 11 is 18.5. The van der Waals surface area contributed by atoms with Gasteiger partial charge in [0, 0.05) is 36.3 Å². The van der Waals surface area contributed by atoms with Crippen molar-refractivity contribution in [2.45, 2.75) is 6.61 Å². The van der Waals surface area contributed by atoms with Crippen molar-refractivity contribution in [2.24, 2.45) is 0 Å². The summed E-state index contributed by atoms with van der Waals surface area (Å²) in [6, 6.07) is 6.16. The van der Waals surface area contributed by atoms with Crippen LogP contribution in [0.5, 0.6) is 5.75 Å². The van der Waals surface area contributed by atoms with E-state index in [0.29, 0.717) is 8.96 Å². The van der Waals surface area contributed by atoms with Crippen LogP contribution in [0.3, 0.4) is 0 Å². The Kier molecular flexibility index (Phi) is 8.44. The van der Waals surface area contributed by atoms with Gasteiger partial charge in [0.05, 0.1) is 13.4 Å². The molecular weight excluding hydrogens is 547 g/mol. The number of nitrogens with zero attached hydrogens (tertiary/aromatic N) is 4. The first-order valence-corrected chi connectivity index (χ1v) is 9.56. The number of hydrogen-bond acceptors (Lipinski definition) is 4. The third-order valence-corrected chi connectivity index (χ3v) is 4.00. The predicted octanol–water partition coefficient (Wildman–Crippen LogP) is 6.15. The number of nitriles is 1. The molecule has 6 nitrogen and oxygen atoms in total. The van der Waals surface area contributed by atoms with Crippen molar-refractivity contribution in [3.05, 3.63) is 61.5 Å². The summed E-state index contributed by atoms with van der Waals surface area (Å²) in [5.74, 6) is -0.172. The molecule has 12 heteroatoms. The molecule has 1 N–H and O–H groups in total. The van der Waals surface area contributed by atoms with Gasteiger partial charge in [0.1, 0.15) is 17.5 Å². The molecule has 0 aliphatic heterocycles. The number of alkyl halides is 2. The average Bonchev–Trinajstić information content (AvgIpc) is 3.26. The zero-order valence-corrected chi connectivity index (χ0v) is 18.3. The highest BCUT2D eigenvalue weighted by molar-refractivity contribution is 9.28. The van der Waals surface area contributed by atoms with E-state index in [2.05, 4.69) is 51.9 Å². The minimum atomic E-state index is -2.99. The van der Waals surface area contributed by atoms with E-state index in [4.69, 9.17) is 28.5 Å². The first-order valence-electron chi connectivity index (χ1n) is 7.22. The number of rotatable bonds is 4. The van der Waals surface area contributed by atoms with E-state index in [-0.39, 0.29) is 27.2 Å². The van der Waals surface area contributed by atoms with Crippen molar-refractivity contribution in [3.8, 4) is 17.5 Å². The van der Waals surface area contributed by atoms with Gasteiger partial charge in [-0.1, -0.05) is 23.2 Å². The molecule has 0 saturated heterocycles. The Labute approximate surface area is 185 Å². The SMILES string of the molecule is N#Cc1nn(-c2c(Cl)cc(OC(F)F)cc2Cl)cc1C=C(Br)Br.c1cn[nH]c1. The van der Waals surface area contributed by atoms with E-state index in [9.17, 15) is 8.78 Å². The maximum absolute atomic E-state index is 12.3. The van der Waals surface area contributed by atoms with Crippen molar-refractivity contribution in [3.63, 3.8) is 0 Å². The fraction of sp³-hybridized carbons (Fsp3) is 0.0625. The number of ether oxygens (including phenoxy) is 1. The summed E-state index contributed by atoms with van der Waals surface area (Å²) in [4.78, 5) is 0. The molecule has 0 atom stereocenters. The minimum Gasteiger partial charge on any atom is -0.435 e. The minimum absolute atomic E-state index is 0.0496. The van der Waals surface area contributed by atoms with Crippen LogP contribution in [0.2, 0.25) is 10.0 Å². The van der Waals surface area contributed by atoms with Crippen molar-refractivity contribution in [1.29, 1.82) is 5.26 Å². The summed E-state index contributed by atoms with van der Waals surface area (Å²) in [7, 11) is 0. The number of aromatic amines is 1. The molecule has 0 fully saturated rings. The van der Waals surface area contributed by atoms with Crippen LogP contribution in [0, 0.1) is 11.3 Å². The second-order valence-electron chi connectivity index (χ2n) is 4.80. The molecule has 0 aliphatic carbocycles. The number of H-pyrrole nitrogens is 1. The number of benzene rings is 1. The maximum atomic E-state index is 12.3. The summed E-state index contributed by atoms with van der Waals surface area (Å²) in [6.45, 7) is -2.99. The van der Waals surface area contributed by atoms with E-state index < -0.39 is 6.61 Å². The van der Waals surface area contributed by atoms with Crippen LogP contribution in [0.1, 0.15) is 11.3 Å². The van der Waals surface area contributed by atoms with Crippen LogP contribution in [-0.4, -0.2) is 26.6 Å². The van der Waals surface area contributed by atoms with Crippen LogP contribution in [-0.2, 0) is 0 Å². The number of nitrogens with one attached hydrogen (secondary N) is 1. The lowest BCUT2D eigenvalue weighted by Crippen LogP contribution is -2.03. The van der Waals surface area contributed by atoms with Gasteiger partial charge in [-0.15, -0.1) is 0 Å². The Balaban J connectivity index is 0.000000485. The normalized spacial score (nSPS) is 10.1. The molecule has 1 aromatic carbocycles. The highest BCUT2D eigenvalue weighted by atomic mass is 79.9. The molecule has 2 aromatic heterocycles. The average molecular weight is 556 g/mol. The van der Waals surface area contributed by atoms with Gasteiger partial charge in [0.2, 0.25) is 0 Å². The third-order valence-electron chi connectivity index (χ3n) is 2.96. The molecule has 0 bridgehead atoms. The van der Waals surface area contributed by atoms with Gasteiger partial charge in [-0.05, 0) is 44.0 Å². The Morgan fingerprint density at radius 2 is 2.00 bits per heavy atom. The summed E-state index contributed by atoms with van der Waals surface area (Å²) in [6.07, 6.45) is 6.61. The van der Waals surface area contributed by atoms with E-state index in [0.717, 1.165) is 0 Å².